The van der Waals surface area contributed by atoms with Crippen LogP contribution in [0.1, 0.15) is 6.42 Å². The van der Waals surface area contributed by atoms with E-state index in [0.717, 1.165) is 22.8 Å². The lowest BCUT2D eigenvalue weighted by Crippen LogP contribution is -2.24. The quantitative estimate of drug-likeness (QED) is 0.394. The first-order valence-electron chi connectivity index (χ1n) is 10.1. The molecule has 0 bridgehead atoms. The summed E-state index contributed by atoms with van der Waals surface area (Å²) >= 11 is 0. The van der Waals surface area contributed by atoms with Crippen molar-refractivity contribution < 1.29 is 14.2 Å². The summed E-state index contributed by atoms with van der Waals surface area (Å²) in [5, 5.41) is 0.605. The lowest BCUT2D eigenvalue weighted by molar-refractivity contribution is 0.299. The molecule has 3 aromatic carbocycles. The van der Waals surface area contributed by atoms with Crippen LogP contribution in [0.15, 0.2) is 77.6 Å². The standard InChI is InChI=1S/C25H24N2O4/c1-29-19-13-11-18(12-14-19)24-26-23-10-4-3-9-22(23)25(28)27(24)15-6-16-31-21-8-5-7-20(17-21)30-2/h3-5,7-14,17H,6,15-16H2,1-2H3. The van der Waals surface area contributed by atoms with Crippen molar-refractivity contribution in [2.24, 2.45) is 0 Å². The second-order valence-corrected chi connectivity index (χ2v) is 7.02. The molecule has 0 N–H and O–H groups in total. The molecule has 0 saturated carbocycles. The molecule has 0 spiro atoms. The Labute approximate surface area is 180 Å². The summed E-state index contributed by atoms with van der Waals surface area (Å²) in [6.45, 7) is 0.955. The molecule has 0 radical (unpaired) electrons. The first-order chi connectivity index (χ1) is 15.2. The van der Waals surface area contributed by atoms with Crippen molar-refractivity contribution in [2.75, 3.05) is 20.8 Å². The monoisotopic (exact) mass is 416 g/mol. The van der Waals surface area contributed by atoms with Crippen molar-refractivity contribution in [3.8, 4) is 28.6 Å². The molecule has 0 unspecified atom stereocenters. The molecule has 0 aliphatic rings. The number of benzene rings is 3. The van der Waals surface area contributed by atoms with Gasteiger partial charge in [0.15, 0.2) is 0 Å². The van der Waals surface area contributed by atoms with Crippen LogP contribution in [0, 0.1) is 0 Å². The molecule has 31 heavy (non-hydrogen) atoms. The van der Waals surface area contributed by atoms with E-state index in [1.807, 2.05) is 72.8 Å². The molecule has 6 nitrogen and oxygen atoms in total. The number of fused-ring (bicyclic) bond motifs is 1. The van der Waals surface area contributed by atoms with Gasteiger partial charge in [-0.1, -0.05) is 18.2 Å². The Kier molecular flexibility index (Phi) is 6.17. The van der Waals surface area contributed by atoms with E-state index in [9.17, 15) is 4.79 Å². The van der Waals surface area contributed by atoms with Crippen LogP contribution in [0.25, 0.3) is 22.3 Å². The Morgan fingerprint density at radius 1 is 0.839 bits per heavy atom. The average Bonchev–Trinajstić information content (AvgIpc) is 2.83. The maximum absolute atomic E-state index is 13.2. The van der Waals surface area contributed by atoms with E-state index in [1.54, 1.807) is 18.8 Å². The van der Waals surface area contributed by atoms with E-state index >= 15 is 0 Å². The maximum Gasteiger partial charge on any atom is 0.261 e. The maximum atomic E-state index is 13.2. The fourth-order valence-corrected chi connectivity index (χ4v) is 3.44. The van der Waals surface area contributed by atoms with Gasteiger partial charge in [-0.25, -0.2) is 4.98 Å². The zero-order chi connectivity index (χ0) is 21.6. The molecule has 1 heterocycles. The highest BCUT2D eigenvalue weighted by Gasteiger charge is 2.13. The van der Waals surface area contributed by atoms with Gasteiger partial charge in [-0.15, -0.1) is 0 Å². The van der Waals surface area contributed by atoms with Crippen LogP contribution in [0.2, 0.25) is 0 Å². The molecule has 0 aliphatic carbocycles. The van der Waals surface area contributed by atoms with E-state index < -0.39 is 0 Å². The third kappa shape index (κ3) is 4.53. The van der Waals surface area contributed by atoms with Gasteiger partial charge in [-0.2, -0.15) is 0 Å². The van der Waals surface area contributed by atoms with Crippen molar-refractivity contribution in [3.63, 3.8) is 0 Å². The normalized spacial score (nSPS) is 10.8. The zero-order valence-corrected chi connectivity index (χ0v) is 17.6. The number of nitrogens with zero attached hydrogens (tertiary/aromatic N) is 2. The number of aromatic nitrogens is 2. The van der Waals surface area contributed by atoms with Crippen LogP contribution in [-0.4, -0.2) is 30.4 Å². The van der Waals surface area contributed by atoms with Gasteiger partial charge in [0.1, 0.15) is 23.1 Å². The summed E-state index contributed by atoms with van der Waals surface area (Å²) in [4.78, 5) is 18.0. The molecule has 0 saturated heterocycles. The van der Waals surface area contributed by atoms with Crippen molar-refractivity contribution in [1.82, 2.24) is 9.55 Å². The van der Waals surface area contributed by atoms with Crippen LogP contribution in [0.4, 0.5) is 0 Å². The van der Waals surface area contributed by atoms with E-state index in [2.05, 4.69) is 0 Å². The second-order valence-electron chi connectivity index (χ2n) is 7.02. The van der Waals surface area contributed by atoms with Gasteiger partial charge in [0.25, 0.3) is 5.56 Å². The van der Waals surface area contributed by atoms with Gasteiger partial charge in [-0.3, -0.25) is 9.36 Å². The summed E-state index contributed by atoms with van der Waals surface area (Å²) in [5.74, 6) is 2.87. The molecule has 0 aliphatic heterocycles. The summed E-state index contributed by atoms with van der Waals surface area (Å²) < 4.78 is 18.0. The van der Waals surface area contributed by atoms with Crippen LogP contribution in [0.5, 0.6) is 17.2 Å². The fourth-order valence-electron chi connectivity index (χ4n) is 3.44. The SMILES string of the molecule is COc1ccc(-c2nc3ccccc3c(=O)n2CCCOc2cccc(OC)c2)cc1. The molecule has 0 fully saturated rings. The van der Waals surface area contributed by atoms with E-state index in [1.165, 1.54) is 0 Å². The molecular weight excluding hydrogens is 392 g/mol. The Morgan fingerprint density at radius 3 is 2.35 bits per heavy atom. The zero-order valence-electron chi connectivity index (χ0n) is 17.6. The van der Waals surface area contributed by atoms with Gasteiger partial charge >= 0.3 is 0 Å². The molecular formula is C25H24N2O4. The van der Waals surface area contributed by atoms with E-state index in [4.69, 9.17) is 19.2 Å². The summed E-state index contributed by atoms with van der Waals surface area (Å²) in [6, 6.07) is 22.5. The van der Waals surface area contributed by atoms with Gasteiger partial charge < -0.3 is 14.2 Å². The molecule has 0 atom stereocenters. The largest absolute Gasteiger partial charge is 0.497 e. The van der Waals surface area contributed by atoms with Crippen LogP contribution >= 0.6 is 0 Å². The van der Waals surface area contributed by atoms with Crippen molar-refractivity contribution in [1.29, 1.82) is 0 Å². The van der Waals surface area contributed by atoms with E-state index in [0.29, 0.717) is 36.3 Å². The van der Waals surface area contributed by atoms with E-state index in [-0.39, 0.29) is 5.56 Å². The van der Waals surface area contributed by atoms with Gasteiger partial charge in [-0.05, 0) is 55.0 Å². The number of ether oxygens (including phenoxy) is 3. The third-order valence-corrected chi connectivity index (χ3v) is 5.05. The van der Waals surface area contributed by atoms with Crippen LogP contribution in [0.3, 0.4) is 0 Å². The number of hydrogen-bond acceptors (Lipinski definition) is 5. The van der Waals surface area contributed by atoms with Gasteiger partial charge in [0.05, 0.1) is 31.7 Å². The van der Waals surface area contributed by atoms with Gasteiger partial charge in [0, 0.05) is 18.2 Å². The van der Waals surface area contributed by atoms with Crippen molar-refractivity contribution in [3.05, 3.63) is 83.2 Å². The second kappa shape index (κ2) is 9.34. The lowest BCUT2D eigenvalue weighted by atomic mass is 10.1. The topological polar surface area (TPSA) is 62.6 Å². The Morgan fingerprint density at radius 2 is 1.58 bits per heavy atom. The predicted octanol–water partition coefficient (Wildman–Crippen LogP) is 4.55. The van der Waals surface area contributed by atoms with Gasteiger partial charge in [0.2, 0.25) is 0 Å². The minimum Gasteiger partial charge on any atom is -0.497 e. The third-order valence-electron chi connectivity index (χ3n) is 5.05. The predicted molar refractivity (Wildman–Crippen MR) is 121 cm³/mol. The van der Waals surface area contributed by atoms with Crippen LogP contribution < -0.4 is 19.8 Å². The number of hydrogen-bond donors (Lipinski definition) is 0. The summed E-state index contributed by atoms with van der Waals surface area (Å²) in [7, 11) is 3.25. The minimum absolute atomic E-state index is 0.0576. The molecule has 6 heteroatoms. The Hall–Kier alpha value is -3.80. The molecule has 4 rings (SSSR count). The Balaban J connectivity index is 1.60. The lowest BCUT2D eigenvalue weighted by Gasteiger charge is -2.14. The number of methoxy groups -OCH3 is 2. The Bertz CT molecular complexity index is 1230. The smallest absolute Gasteiger partial charge is 0.261 e. The fraction of sp³-hybridized carbons (Fsp3) is 0.200. The summed E-state index contributed by atoms with van der Waals surface area (Å²) in [6.07, 6.45) is 0.653. The molecule has 4 aromatic rings. The van der Waals surface area contributed by atoms with Crippen LogP contribution in [-0.2, 0) is 6.54 Å². The van der Waals surface area contributed by atoms with Crippen molar-refractivity contribution >= 4 is 10.9 Å². The number of rotatable bonds is 8. The van der Waals surface area contributed by atoms with Crippen molar-refractivity contribution in [2.45, 2.75) is 13.0 Å². The highest BCUT2D eigenvalue weighted by atomic mass is 16.5. The number of para-hydroxylation sites is 1. The molecule has 0 amide bonds. The highest BCUT2D eigenvalue weighted by molar-refractivity contribution is 5.79. The first-order valence-corrected chi connectivity index (χ1v) is 10.1. The molecule has 1 aromatic heterocycles. The molecule has 158 valence electrons. The highest BCUT2D eigenvalue weighted by Crippen LogP contribution is 2.23. The first kappa shape index (κ1) is 20.5. The summed E-state index contributed by atoms with van der Waals surface area (Å²) in [5.41, 5.74) is 1.48. The average molecular weight is 416 g/mol. The minimum atomic E-state index is -0.0576.